The van der Waals surface area contributed by atoms with Crippen LogP contribution in [0.2, 0.25) is 0 Å². The van der Waals surface area contributed by atoms with E-state index in [1.807, 2.05) is 6.07 Å². The lowest BCUT2D eigenvalue weighted by Crippen LogP contribution is -2.47. The maximum Gasteiger partial charge on any atom is 0.175 e. The van der Waals surface area contributed by atoms with Crippen LogP contribution in [-0.2, 0) is 27.7 Å². The number of hydrogen-bond donors (Lipinski definition) is 1. The molecule has 2 aliphatic rings. The van der Waals surface area contributed by atoms with E-state index in [1.165, 1.54) is 6.26 Å². The van der Waals surface area contributed by atoms with Gasteiger partial charge in [-0.1, -0.05) is 6.07 Å². The van der Waals surface area contributed by atoms with E-state index < -0.39 is 33.6 Å². The van der Waals surface area contributed by atoms with Gasteiger partial charge in [0.05, 0.1) is 11.5 Å². The third-order valence-corrected chi connectivity index (χ3v) is 6.65. The molecular weight excluding hydrogens is 386 g/mol. The predicted molar refractivity (Wildman–Crippen MR) is 100 cm³/mol. The highest BCUT2D eigenvalue weighted by Gasteiger charge is 2.36. The first kappa shape index (κ1) is 19.4. The largest absolute Gasteiger partial charge is 0.370 e. The third kappa shape index (κ3) is 3.69. The fourth-order valence-corrected chi connectivity index (χ4v) is 4.71. The lowest BCUT2D eigenvalue weighted by Gasteiger charge is -2.38. The van der Waals surface area contributed by atoms with Crippen LogP contribution >= 0.6 is 0 Å². The summed E-state index contributed by atoms with van der Waals surface area (Å²) in [6.45, 7) is 1.64. The van der Waals surface area contributed by atoms with Crippen molar-refractivity contribution in [3.05, 3.63) is 64.7 Å². The highest BCUT2D eigenvalue weighted by molar-refractivity contribution is 7.90. The molecule has 2 heterocycles. The summed E-state index contributed by atoms with van der Waals surface area (Å²) < 4.78 is 57.0. The number of fused-ring (bicyclic) bond motifs is 1. The summed E-state index contributed by atoms with van der Waals surface area (Å²) in [5, 5.41) is 0. The Hall–Kier alpha value is -1.87. The quantitative estimate of drug-likeness (QED) is 0.845. The minimum Gasteiger partial charge on any atom is -0.370 e. The molecule has 2 aromatic carbocycles. The molecule has 2 aliphatic heterocycles. The average molecular weight is 408 g/mol. The van der Waals surface area contributed by atoms with Crippen LogP contribution in [0.4, 0.5) is 8.78 Å². The summed E-state index contributed by atoms with van der Waals surface area (Å²) in [5.41, 5.74) is 8.46. The van der Waals surface area contributed by atoms with Crippen molar-refractivity contribution in [2.75, 3.05) is 12.9 Å². The molecule has 0 spiro atoms. The summed E-state index contributed by atoms with van der Waals surface area (Å²) in [6.07, 6.45) is 1.09. The maximum atomic E-state index is 14.1. The first-order valence-corrected chi connectivity index (χ1v) is 11.0. The number of benzene rings is 2. The molecule has 4 rings (SSSR count). The molecule has 2 N–H and O–H groups in total. The lowest BCUT2D eigenvalue weighted by atomic mass is 9.93. The van der Waals surface area contributed by atoms with Crippen molar-refractivity contribution in [2.45, 2.75) is 42.6 Å². The van der Waals surface area contributed by atoms with E-state index in [0.717, 1.165) is 29.3 Å². The van der Waals surface area contributed by atoms with Crippen molar-refractivity contribution in [3.63, 3.8) is 0 Å². The van der Waals surface area contributed by atoms with E-state index in [0.29, 0.717) is 31.0 Å². The standard InChI is InChI=1S/C20H22F2N2O3S/c1-28(25,26)16-4-2-12-9-24(10-13(12)6-16)15-8-19(23)20(27-11-15)17-7-14(21)3-5-18(17)22/h2-7,15,19-20H,8-11,23H2,1H3/t15-,19-,20?/m0/s1. The molecule has 1 fully saturated rings. The number of hydrogen-bond acceptors (Lipinski definition) is 5. The summed E-state index contributed by atoms with van der Waals surface area (Å²) in [5.74, 6) is -1.05. The molecule has 0 amide bonds. The molecule has 0 aliphatic carbocycles. The molecule has 150 valence electrons. The molecule has 1 saturated heterocycles. The summed E-state index contributed by atoms with van der Waals surface area (Å²) in [7, 11) is -3.25. The third-order valence-electron chi connectivity index (χ3n) is 5.54. The molecule has 8 heteroatoms. The smallest absolute Gasteiger partial charge is 0.175 e. The molecule has 0 aromatic heterocycles. The van der Waals surface area contributed by atoms with Gasteiger partial charge in [-0.15, -0.1) is 0 Å². The van der Waals surface area contributed by atoms with Crippen LogP contribution in [0.15, 0.2) is 41.3 Å². The molecule has 2 aromatic rings. The van der Waals surface area contributed by atoms with E-state index in [1.54, 1.807) is 12.1 Å². The van der Waals surface area contributed by atoms with Gasteiger partial charge in [0.25, 0.3) is 0 Å². The maximum absolute atomic E-state index is 14.1. The lowest BCUT2D eigenvalue weighted by molar-refractivity contribution is -0.0531. The van der Waals surface area contributed by atoms with E-state index >= 15 is 0 Å². The zero-order valence-corrected chi connectivity index (χ0v) is 16.3. The van der Waals surface area contributed by atoms with E-state index in [4.69, 9.17) is 10.5 Å². The second-order valence-electron chi connectivity index (χ2n) is 7.58. The van der Waals surface area contributed by atoms with Crippen LogP contribution in [0.5, 0.6) is 0 Å². The Kier molecular flexibility index (Phi) is 4.99. The Balaban J connectivity index is 1.47. The SMILES string of the molecule is CS(=O)(=O)c1ccc2c(c1)CN([C@@H]1COC(c3cc(F)ccc3F)[C@@H](N)C1)C2. The topological polar surface area (TPSA) is 72.6 Å². The number of sulfone groups is 1. The first-order valence-electron chi connectivity index (χ1n) is 9.10. The van der Waals surface area contributed by atoms with Crippen LogP contribution in [0, 0.1) is 11.6 Å². The van der Waals surface area contributed by atoms with E-state index in [9.17, 15) is 17.2 Å². The Morgan fingerprint density at radius 1 is 1.11 bits per heavy atom. The number of halogens is 2. The van der Waals surface area contributed by atoms with Gasteiger partial charge in [-0.2, -0.15) is 0 Å². The van der Waals surface area contributed by atoms with Gasteiger partial charge in [-0.05, 0) is 47.9 Å². The molecule has 0 radical (unpaired) electrons. The minimum atomic E-state index is -3.25. The van der Waals surface area contributed by atoms with Crippen LogP contribution in [0.1, 0.15) is 29.2 Å². The summed E-state index contributed by atoms with van der Waals surface area (Å²) in [4.78, 5) is 2.50. The highest BCUT2D eigenvalue weighted by atomic mass is 32.2. The van der Waals surface area contributed by atoms with Gasteiger partial charge in [0, 0.05) is 37.0 Å². The molecule has 28 heavy (non-hydrogen) atoms. The number of nitrogens with two attached hydrogens (primary N) is 1. The first-order chi connectivity index (χ1) is 13.2. The zero-order valence-electron chi connectivity index (χ0n) is 15.4. The van der Waals surface area contributed by atoms with Crippen LogP contribution in [0.3, 0.4) is 0 Å². The fourth-order valence-electron chi connectivity index (χ4n) is 4.04. The monoisotopic (exact) mass is 408 g/mol. The molecule has 5 nitrogen and oxygen atoms in total. The van der Waals surface area contributed by atoms with Crippen molar-refractivity contribution in [1.29, 1.82) is 0 Å². The predicted octanol–water partition coefficient (Wildman–Crippen LogP) is 2.54. The van der Waals surface area contributed by atoms with Crippen molar-refractivity contribution in [1.82, 2.24) is 4.90 Å². The van der Waals surface area contributed by atoms with Gasteiger partial charge in [-0.25, -0.2) is 17.2 Å². The second-order valence-corrected chi connectivity index (χ2v) is 9.60. The van der Waals surface area contributed by atoms with Gasteiger partial charge in [0.2, 0.25) is 0 Å². The Morgan fingerprint density at radius 3 is 2.57 bits per heavy atom. The van der Waals surface area contributed by atoms with E-state index in [2.05, 4.69) is 4.90 Å². The molecular formula is C20H22F2N2O3S. The Morgan fingerprint density at radius 2 is 1.86 bits per heavy atom. The van der Waals surface area contributed by atoms with Crippen molar-refractivity contribution in [2.24, 2.45) is 5.73 Å². The van der Waals surface area contributed by atoms with Crippen LogP contribution in [-0.4, -0.2) is 38.3 Å². The number of ether oxygens (including phenoxy) is 1. The van der Waals surface area contributed by atoms with Crippen LogP contribution in [0.25, 0.3) is 0 Å². The van der Waals surface area contributed by atoms with Crippen molar-refractivity contribution in [3.8, 4) is 0 Å². The molecule has 1 unspecified atom stereocenters. The summed E-state index contributed by atoms with van der Waals surface area (Å²) >= 11 is 0. The Bertz CT molecular complexity index is 1010. The van der Waals surface area contributed by atoms with Crippen LogP contribution < -0.4 is 5.73 Å². The van der Waals surface area contributed by atoms with Gasteiger partial charge in [0.1, 0.15) is 17.7 Å². The fraction of sp³-hybridized carbons (Fsp3) is 0.400. The number of rotatable bonds is 3. The number of nitrogens with zero attached hydrogens (tertiary/aromatic N) is 1. The van der Waals surface area contributed by atoms with Crippen molar-refractivity contribution < 1.29 is 21.9 Å². The van der Waals surface area contributed by atoms with Gasteiger partial charge in [-0.3, -0.25) is 4.90 Å². The molecule has 0 saturated carbocycles. The normalized spacial score (nSPS) is 25.6. The van der Waals surface area contributed by atoms with Gasteiger partial charge < -0.3 is 10.5 Å². The second kappa shape index (κ2) is 7.18. The van der Waals surface area contributed by atoms with Gasteiger partial charge >= 0.3 is 0 Å². The van der Waals surface area contributed by atoms with E-state index in [-0.39, 0.29) is 11.6 Å². The Labute approximate surface area is 163 Å². The molecule has 0 bridgehead atoms. The van der Waals surface area contributed by atoms with Gasteiger partial charge in [0.15, 0.2) is 9.84 Å². The summed E-state index contributed by atoms with van der Waals surface area (Å²) in [6, 6.07) is 8.05. The highest BCUT2D eigenvalue weighted by Crippen LogP contribution is 2.34. The van der Waals surface area contributed by atoms with Crippen molar-refractivity contribution >= 4 is 9.84 Å². The zero-order chi connectivity index (χ0) is 20.1. The minimum absolute atomic E-state index is 0.0250. The molecule has 3 atom stereocenters. The average Bonchev–Trinajstić information content (AvgIpc) is 3.06.